The molecule has 0 aromatic heterocycles. The molecule has 98 valence electrons. The summed E-state index contributed by atoms with van der Waals surface area (Å²) in [5.74, 6) is 0. The maximum atomic E-state index is 12.0. The van der Waals surface area contributed by atoms with Crippen LogP contribution in [0.2, 0.25) is 0 Å². The van der Waals surface area contributed by atoms with Crippen LogP contribution >= 0.6 is 0 Å². The van der Waals surface area contributed by atoms with Gasteiger partial charge in [-0.3, -0.25) is 4.90 Å². The highest BCUT2D eigenvalue weighted by molar-refractivity contribution is 5.69. The molecule has 1 N–H and O–H groups in total. The highest BCUT2D eigenvalue weighted by Gasteiger charge is 2.44. The predicted octanol–water partition coefficient (Wildman–Crippen LogP) is 1.96. The van der Waals surface area contributed by atoms with Gasteiger partial charge in [-0.25, -0.2) is 4.79 Å². The summed E-state index contributed by atoms with van der Waals surface area (Å²) in [5.41, 5.74) is 0.738. The number of benzene rings is 1. The average Bonchev–Trinajstić information content (AvgIpc) is 2.42. The van der Waals surface area contributed by atoms with Crippen molar-refractivity contribution in [2.75, 3.05) is 20.2 Å². The molecule has 4 heteroatoms. The van der Waals surface area contributed by atoms with E-state index in [4.69, 9.17) is 4.74 Å². The highest BCUT2D eigenvalue weighted by atomic mass is 16.5. The molecular weight excluding hydrogens is 228 g/mol. The number of methoxy groups -OCH3 is 1. The minimum absolute atomic E-state index is 0.174. The number of nitrogens with zero attached hydrogens (tertiary/aromatic N) is 1. The normalized spacial score (nSPS) is 27.9. The lowest BCUT2D eigenvalue weighted by molar-refractivity contribution is 0.0303. The molecule has 1 aromatic carbocycles. The molecule has 2 atom stereocenters. The third-order valence-electron chi connectivity index (χ3n) is 3.94. The Hall–Kier alpha value is -1.55. The van der Waals surface area contributed by atoms with Crippen LogP contribution in [0.1, 0.15) is 19.4 Å². The number of ether oxygens (including phenoxy) is 1. The van der Waals surface area contributed by atoms with E-state index >= 15 is 0 Å². The van der Waals surface area contributed by atoms with Gasteiger partial charge in [-0.05, 0) is 19.4 Å². The lowest BCUT2D eigenvalue weighted by Crippen LogP contribution is -2.64. The first-order chi connectivity index (χ1) is 8.60. The molecule has 1 aliphatic heterocycles. The van der Waals surface area contributed by atoms with Gasteiger partial charge >= 0.3 is 6.09 Å². The molecule has 2 rings (SSSR count). The first-order valence-corrected chi connectivity index (χ1v) is 6.25. The number of rotatable bonds is 1. The monoisotopic (exact) mass is 248 g/mol. The second-order valence-corrected chi connectivity index (χ2v) is 4.81. The molecule has 0 radical (unpaired) electrons. The number of piperazine rings is 1. The fourth-order valence-corrected chi connectivity index (χ4v) is 2.63. The van der Waals surface area contributed by atoms with E-state index in [1.165, 1.54) is 7.11 Å². The molecule has 0 unspecified atom stereocenters. The molecule has 0 saturated carbocycles. The Morgan fingerprint density at radius 2 is 2.11 bits per heavy atom. The zero-order chi connectivity index (χ0) is 13.2. The summed E-state index contributed by atoms with van der Waals surface area (Å²) < 4.78 is 4.91. The largest absolute Gasteiger partial charge is 0.453 e. The lowest BCUT2D eigenvalue weighted by Gasteiger charge is -2.48. The minimum atomic E-state index is -0.382. The van der Waals surface area contributed by atoms with E-state index < -0.39 is 0 Å². The van der Waals surface area contributed by atoms with Crippen molar-refractivity contribution in [2.24, 2.45) is 0 Å². The van der Waals surface area contributed by atoms with Crippen molar-refractivity contribution in [3.8, 4) is 0 Å². The summed E-state index contributed by atoms with van der Waals surface area (Å²) in [4.78, 5) is 13.8. The Labute approximate surface area is 108 Å². The van der Waals surface area contributed by atoms with E-state index in [1.807, 2.05) is 23.1 Å². The van der Waals surface area contributed by atoms with Gasteiger partial charge in [0, 0.05) is 19.1 Å². The Morgan fingerprint density at radius 3 is 2.72 bits per heavy atom. The number of carbonyl (C=O) groups is 1. The first kappa shape index (κ1) is 12.9. The molecule has 1 aliphatic rings. The van der Waals surface area contributed by atoms with Gasteiger partial charge in [0.15, 0.2) is 0 Å². The van der Waals surface area contributed by atoms with Crippen LogP contribution < -0.4 is 5.32 Å². The maximum Gasteiger partial charge on any atom is 0.410 e. The summed E-state index contributed by atoms with van der Waals surface area (Å²) in [6.45, 7) is 5.62. The van der Waals surface area contributed by atoms with Gasteiger partial charge < -0.3 is 10.1 Å². The van der Waals surface area contributed by atoms with Crippen LogP contribution in [0.5, 0.6) is 0 Å². The number of nitrogens with one attached hydrogen (secondary N) is 1. The highest BCUT2D eigenvalue weighted by Crippen LogP contribution is 2.34. The van der Waals surface area contributed by atoms with E-state index in [2.05, 4.69) is 31.3 Å². The van der Waals surface area contributed by atoms with E-state index in [-0.39, 0.29) is 17.7 Å². The molecule has 1 amide bonds. The second-order valence-electron chi connectivity index (χ2n) is 4.81. The smallest absolute Gasteiger partial charge is 0.410 e. The van der Waals surface area contributed by atoms with Crippen LogP contribution in [0.3, 0.4) is 0 Å². The molecule has 0 bridgehead atoms. The standard InChI is InChI=1S/C14H20N2O2/c1-11-14(2,12-7-5-4-6-8-12)16(10-9-15-11)13(17)18-3/h4-8,11,15H,9-10H2,1-3H3/t11-,14+/m0/s1. The molecule has 1 saturated heterocycles. The molecule has 18 heavy (non-hydrogen) atoms. The molecule has 1 aromatic rings. The number of hydrogen-bond donors (Lipinski definition) is 1. The third-order valence-corrected chi connectivity index (χ3v) is 3.94. The number of carbonyl (C=O) groups excluding carboxylic acids is 1. The average molecular weight is 248 g/mol. The van der Waals surface area contributed by atoms with Crippen molar-refractivity contribution in [1.29, 1.82) is 0 Å². The maximum absolute atomic E-state index is 12.0. The van der Waals surface area contributed by atoms with Crippen molar-refractivity contribution >= 4 is 6.09 Å². The van der Waals surface area contributed by atoms with E-state index in [0.717, 1.165) is 12.1 Å². The van der Waals surface area contributed by atoms with Crippen LogP contribution in [0.4, 0.5) is 4.79 Å². The van der Waals surface area contributed by atoms with Crippen molar-refractivity contribution < 1.29 is 9.53 Å². The summed E-state index contributed by atoms with van der Waals surface area (Å²) in [6, 6.07) is 10.3. The zero-order valence-electron chi connectivity index (χ0n) is 11.1. The summed E-state index contributed by atoms with van der Waals surface area (Å²) >= 11 is 0. The minimum Gasteiger partial charge on any atom is -0.453 e. The Bertz CT molecular complexity index is 421. The molecule has 0 spiro atoms. The molecular formula is C14H20N2O2. The van der Waals surface area contributed by atoms with Crippen molar-refractivity contribution in [1.82, 2.24) is 10.2 Å². The summed E-state index contributed by atoms with van der Waals surface area (Å²) in [6.07, 6.45) is -0.269. The van der Waals surface area contributed by atoms with Crippen LogP contribution in [0.15, 0.2) is 30.3 Å². The van der Waals surface area contributed by atoms with E-state index in [1.54, 1.807) is 0 Å². The summed E-state index contributed by atoms with van der Waals surface area (Å²) in [5, 5.41) is 3.43. The Kier molecular flexibility index (Phi) is 3.57. The second kappa shape index (κ2) is 4.98. The van der Waals surface area contributed by atoms with Crippen molar-refractivity contribution in [3.63, 3.8) is 0 Å². The number of hydrogen-bond acceptors (Lipinski definition) is 3. The van der Waals surface area contributed by atoms with Crippen molar-refractivity contribution in [3.05, 3.63) is 35.9 Å². The number of amides is 1. The Balaban J connectivity index is 2.43. The first-order valence-electron chi connectivity index (χ1n) is 6.25. The fraction of sp³-hybridized carbons (Fsp3) is 0.500. The van der Waals surface area contributed by atoms with Crippen molar-refractivity contribution in [2.45, 2.75) is 25.4 Å². The quantitative estimate of drug-likeness (QED) is 0.826. The SMILES string of the molecule is COC(=O)N1CCN[C@@H](C)[C@]1(C)c1ccccc1. The fourth-order valence-electron chi connectivity index (χ4n) is 2.63. The molecule has 1 heterocycles. The van der Waals surface area contributed by atoms with Crippen LogP contribution in [0.25, 0.3) is 0 Å². The van der Waals surface area contributed by atoms with Gasteiger partial charge in [-0.2, -0.15) is 0 Å². The topological polar surface area (TPSA) is 41.6 Å². The molecule has 0 aliphatic carbocycles. The van der Waals surface area contributed by atoms with Crippen LogP contribution in [-0.2, 0) is 10.3 Å². The molecule has 4 nitrogen and oxygen atoms in total. The van der Waals surface area contributed by atoms with Crippen LogP contribution in [0, 0.1) is 0 Å². The van der Waals surface area contributed by atoms with Gasteiger partial charge in [0.1, 0.15) is 0 Å². The van der Waals surface area contributed by atoms with Gasteiger partial charge in [-0.1, -0.05) is 30.3 Å². The van der Waals surface area contributed by atoms with Gasteiger partial charge in [0.25, 0.3) is 0 Å². The van der Waals surface area contributed by atoms with Gasteiger partial charge in [-0.15, -0.1) is 0 Å². The third kappa shape index (κ3) is 1.97. The predicted molar refractivity (Wildman–Crippen MR) is 70.4 cm³/mol. The molecule has 1 fully saturated rings. The van der Waals surface area contributed by atoms with E-state index in [0.29, 0.717) is 6.54 Å². The van der Waals surface area contributed by atoms with Crippen LogP contribution in [-0.4, -0.2) is 37.2 Å². The van der Waals surface area contributed by atoms with E-state index in [9.17, 15) is 4.79 Å². The summed E-state index contributed by atoms with van der Waals surface area (Å²) in [7, 11) is 1.43. The van der Waals surface area contributed by atoms with Gasteiger partial charge in [0.05, 0.1) is 12.6 Å². The lowest BCUT2D eigenvalue weighted by atomic mass is 9.82. The zero-order valence-corrected chi connectivity index (χ0v) is 11.1. The van der Waals surface area contributed by atoms with Gasteiger partial charge in [0.2, 0.25) is 0 Å². The Morgan fingerprint density at radius 1 is 1.44 bits per heavy atom.